The van der Waals surface area contributed by atoms with Gasteiger partial charge < -0.3 is 5.32 Å². The molecule has 0 aliphatic carbocycles. The highest BCUT2D eigenvalue weighted by Crippen LogP contribution is 2.35. The molecule has 1 aromatic carbocycles. The van der Waals surface area contributed by atoms with E-state index in [0.29, 0.717) is 6.42 Å². The lowest BCUT2D eigenvalue weighted by atomic mass is 10.1. The van der Waals surface area contributed by atoms with Crippen LogP contribution in [-0.2, 0) is 24.7 Å². The highest BCUT2D eigenvalue weighted by molar-refractivity contribution is 7.92. The number of sulfonamides is 1. The zero-order valence-electron chi connectivity index (χ0n) is 12.6. The Kier molecular flexibility index (Phi) is 5.68. The first-order chi connectivity index (χ1) is 10.7. The summed E-state index contributed by atoms with van der Waals surface area (Å²) in [6, 6.07) is 1.82. The SMILES string of the molecule is CCC(C)C(=O)Nc1ccc(S(N)(=O)=O)cc1S(=O)(=O)C(F)(F)F. The number of anilines is 1. The fourth-order valence-corrected chi connectivity index (χ4v) is 3.13. The molecule has 0 aliphatic heterocycles. The number of hydrogen-bond acceptors (Lipinski definition) is 5. The van der Waals surface area contributed by atoms with Crippen molar-refractivity contribution in [3.05, 3.63) is 18.2 Å². The van der Waals surface area contributed by atoms with Crippen LogP contribution in [0, 0.1) is 5.92 Å². The Hall–Kier alpha value is -1.66. The largest absolute Gasteiger partial charge is 0.501 e. The molecule has 1 unspecified atom stereocenters. The molecule has 136 valence electrons. The Morgan fingerprint density at radius 1 is 1.25 bits per heavy atom. The van der Waals surface area contributed by atoms with Gasteiger partial charge in [-0.2, -0.15) is 13.2 Å². The van der Waals surface area contributed by atoms with Gasteiger partial charge in [-0.25, -0.2) is 22.0 Å². The third-order valence-corrected chi connectivity index (χ3v) is 5.63. The Morgan fingerprint density at radius 2 is 1.79 bits per heavy atom. The summed E-state index contributed by atoms with van der Waals surface area (Å²) in [7, 11) is -10.3. The third-order valence-electron chi connectivity index (χ3n) is 3.19. The van der Waals surface area contributed by atoms with Crippen LogP contribution in [0.2, 0.25) is 0 Å². The van der Waals surface area contributed by atoms with Gasteiger partial charge in [0.05, 0.1) is 10.6 Å². The highest BCUT2D eigenvalue weighted by atomic mass is 32.2. The second kappa shape index (κ2) is 6.69. The van der Waals surface area contributed by atoms with Gasteiger partial charge >= 0.3 is 5.51 Å². The molecule has 1 aromatic rings. The van der Waals surface area contributed by atoms with Crippen molar-refractivity contribution in [1.82, 2.24) is 0 Å². The van der Waals surface area contributed by atoms with E-state index in [4.69, 9.17) is 5.14 Å². The normalized spacial score (nSPS) is 14.2. The first-order valence-corrected chi connectivity index (χ1v) is 9.53. The number of halogens is 3. The predicted octanol–water partition coefficient (Wildman–Crippen LogP) is 1.61. The van der Waals surface area contributed by atoms with Crippen LogP contribution in [0.15, 0.2) is 28.0 Å². The number of alkyl halides is 3. The number of sulfone groups is 1. The number of primary sulfonamides is 1. The van der Waals surface area contributed by atoms with Crippen molar-refractivity contribution in [3.8, 4) is 0 Å². The number of carbonyl (C=O) groups is 1. The summed E-state index contributed by atoms with van der Waals surface area (Å²) in [4.78, 5) is 9.61. The number of amides is 1. The minimum Gasteiger partial charge on any atom is -0.325 e. The summed E-state index contributed by atoms with van der Waals surface area (Å²) in [6.45, 7) is 3.15. The fraction of sp³-hybridized carbons (Fsp3) is 0.417. The molecule has 3 N–H and O–H groups in total. The van der Waals surface area contributed by atoms with E-state index in [9.17, 15) is 34.8 Å². The summed E-state index contributed by atoms with van der Waals surface area (Å²) < 4.78 is 84.3. The van der Waals surface area contributed by atoms with Crippen molar-refractivity contribution in [1.29, 1.82) is 0 Å². The van der Waals surface area contributed by atoms with Crippen molar-refractivity contribution in [2.75, 3.05) is 5.32 Å². The molecular formula is C12H15F3N2O5S2. The lowest BCUT2D eigenvalue weighted by molar-refractivity contribution is -0.119. The molecule has 0 bridgehead atoms. The maximum atomic E-state index is 12.8. The number of nitrogens with two attached hydrogens (primary N) is 1. The smallest absolute Gasteiger partial charge is 0.325 e. The molecule has 0 fully saturated rings. The zero-order chi connectivity index (χ0) is 18.9. The van der Waals surface area contributed by atoms with Crippen molar-refractivity contribution in [3.63, 3.8) is 0 Å². The van der Waals surface area contributed by atoms with Gasteiger partial charge in [0.25, 0.3) is 9.84 Å². The highest BCUT2D eigenvalue weighted by Gasteiger charge is 2.48. The van der Waals surface area contributed by atoms with E-state index in [1.54, 1.807) is 6.92 Å². The molecule has 0 saturated carbocycles. The van der Waals surface area contributed by atoms with E-state index in [0.717, 1.165) is 12.1 Å². The molecule has 0 aromatic heterocycles. The fourth-order valence-electron chi connectivity index (χ4n) is 1.57. The standard InChI is InChI=1S/C12H15F3N2O5S2/c1-3-7(2)11(18)17-9-5-4-8(24(16,21)22)6-10(9)23(19,20)12(13,14)15/h4-7H,3H2,1-2H3,(H,17,18)(H2,16,21,22). The minimum absolute atomic E-state index is 0.268. The maximum Gasteiger partial charge on any atom is 0.501 e. The van der Waals surface area contributed by atoms with Crippen molar-refractivity contribution in [2.45, 2.75) is 35.6 Å². The lowest BCUT2D eigenvalue weighted by Gasteiger charge is -2.16. The van der Waals surface area contributed by atoms with Crippen LogP contribution in [0.1, 0.15) is 20.3 Å². The van der Waals surface area contributed by atoms with Crippen LogP contribution >= 0.6 is 0 Å². The average Bonchev–Trinajstić information content (AvgIpc) is 2.44. The molecule has 1 amide bonds. The van der Waals surface area contributed by atoms with E-state index in [-0.39, 0.29) is 6.07 Å². The Balaban J connectivity index is 3.59. The molecule has 0 heterocycles. The van der Waals surface area contributed by atoms with Gasteiger partial charge in [0.15, 0.2) is 0 Å². The van der Waals surface area contributed by atoms with Gasteiger partial charge in [-0.1, -0.05) is 13.8 Å². The topological polar surface area (TPSA) is 123 Å². The summed E-state index contributed by atoms with van der Waals surface area (Å²) in [5.41, 5.74) is -6.36. The van der Waals surface area contributed by atoms with Crippen molar-refractivity contribution < 1.29 is 34.8 Å². The molecule has 0 aliphatic rings. The molecule has 1 atom stereocenters. The van der Waals surface area contributed by atoms with E-state index < -0.39 is 52.7 Å². The second-order valence-corrected chi connectivity index (χ2v) is 8.42. The summed E-state index contributed by atoms with van der Waals surface area (Å²) in [5, 5.41) is 6.87. The first-order valence-electron chi connectivity index (χ1n) is 6.51. The van der Waals surface area contributed by atoms with Gasteiger partial charge in [0, 0.05) is 5.92 Å². The molecule has 0 saturated heterocycles. The van der Waals surface area contributed by atoms with Crippen LogP contribution in [0.4, 0.5) is 18.9 Å². The second-order valence-electron chi connectivity index (χ2n) is 4.95. The average molecular weight is 388 g/mol. The van der Waals surface area contributed by atoms with Crippen LogP contribution < -0.4 is 10.5 Å². The van der Waals surface area contributed by atoms with E-state index >= 15 is 0 Å². The number of hydrogen-bond donors (Lipinski definition) is 2. The minimum atomic E-state index is -5.90. The number of carbonyl (C=O) groups excluding carboxylic acids is 1. The summed E-state index contributed by atoms with van der Waals surface area (Å²) in [5.74, 6) is -1.30. The zero-order valence-corrected chi connectivity index (χ0v) is 14.2. The van der Waals surface area contributed by atoms with E-state index in [1.165, 1.54) is 6.92 Å². The van der Waals surface area contributed by atoms with Crippen molar-refractivity contribution in [2.24, 2.45) is 11.1 Å². The summed E-state index contributed by atoms with van der Waals surface area (Å²) >= 11 is 0. The molecule has 0 spiro atoms. The Labute approximate surface area is 137 Å². The first kappa shape index (κ1) is 20.4. The number of benzene rings is 1. The maximum absolute atomic E-state index is 12.8. The Morgan fingerprint density at radius 3 is 2.21 bits per heavy atom. The molecule has 1 rings (SSSR count). The monoisotopic (exact) mass is 388 g/mol. The van der Waals surface area contributed by atoms with Gasteiger partial charge in [0.1, 0.15) is 4.90 Å². The summed E-state index contributed by atoms with van der Waals surface area (Å²) in [6.07, 6.45) is 0.364. The van der Waals surface area contributed by atoms with E-state index in [2.05, 4.69) is 5.32 Å². The predicted molar refractivity (Wildman–Crippen MR) is 79.1 cm³/mol. The van der Waals surface area contributed by atoms with Crippen LogP contribution in [0.25, 0.3) is 0 Å². The van der Waals surface area contributed by atoms with Crippen molar-refractivity contribution >= 4 is 31.5 Å². The van der Waals surface area contributed by atoms with Gasteiger partial charge in [0.2, 0.25) is 15.9 Å². The van der Waals surface area contributed by atoms with Crippen LogP contribution in [0.3, 0.4) is 0 Å². The lowest BCUT2D eigenvalue weighted by Crippen LogP contribution is -2.27. The quantitative estimate of drug-likeness (QED) is 0.793. The molecule has 12 heteroatoms. The molecule has 24 heavy (non-hydrogen) atoms. The van der Waals surface area contributed by atoms with Gasteiger partial charge in [-0.05, 0) is 24.6 Å². The third kappa shape index (κ3) is 4.24. The van der Waals surface area contributed by atoms with Crippen LogP contribution in [0.5, 0.6) is 0 Å². The van der Waals surface area contributed by atoms with Gasteiger partial charge in [-0.15, -0.1) is 0 Å². The molecular weight excluding hydrogens is 373 g/mol. The Bertz CT molecular complexity index is 848. The number of rotatable bonds is 5. The molecule has 7 nitrogen and oxygen atoms in total. The van der Waals surface area contributed by atoms with Gasteiger partial charge in [-0.3, -0.25) is 4.79 Å². The van der Waals surface area contributed by atoms with E-state index in [1.807, 2.05) is 0 Å². The number of nitrogens with one attached hydrogen (secondary N) is 1. The van der Waals surface area contributed by atoms with Crippen LogP contribution in [-0.4, -0.2) is 28.3 Å². The molecule has 0 radical (unpaired) electrons.